The smallest absolute Gasteiger partial charge is 0.211 e. The van der Waals surface area contributed by atoms with Gasteiger partial charge in [0.25, 0.3) is 0 Å². The number of rotatable bonds is 1. The summed E-state index contributed by atoms with van der Waals surface area (Å²) in [6.45, 7) is 3.72. The highest BCUT2D eigenvalue weighted by molar-refractivity contribution is 6.52. The highest BCUT2D eigenvalue weighted by Gasteiger charge is 2.43. The summed E-state index contributed by atoms with van der Waals surface area (Å²) in [5.41, 5.74) is 1.05. The van der Waals surface area contributed by atoms with E-state index < -0.39 is 5.41 Å². The first-order valence-corrected chi connectivity index (χ1v) is 4.98. The fraction of sp³-hybridized carbons (Fsp3) is 0.333. The average Bonchev–Trinajstić information content (AvgIpc) is 2.46. The number of hydrogen-bond acceptors (Lipinski definition) is 4. The van der Waals surface area contributed by atoms with Gasteiger partial charge in [0.15, 0.2) is 0 Å². The fourth-order valence-corrected chi connectivity index (χ4v) is 2.09. The molecule has 0 bridgehead atoms. The number of benzene rings is 1. The molecule has 0 aromatic heterocycles. The molecule has 1 aromatic rings. The topological polar surface area (TPSA) is 58.9 Å². The molecule has 1 aromatic carbocycles. The number of fused-ring (bicyclic) bond motifs is 1. The van der Waals surface area contributed by atoms with E-state index in [1.165, 1.54) is 0 Å². The molecule has 0 unspecified atom stereocenters. The Labute approximate surface area is 93.5 Å². The van der Waals surface area contributed by atoms with Gasteiger partial charge in [-0.05, 0) is 31.5 Å². The lowest BCUT2D eigenvalue weighted by molar-refractivity contribution is 0.106. The number of methoxy groups -OCH3 is 1. The van der Waals surface area contributed by atoms with Gasteiger partial charge in [0.1, 0.15) is 11.5 Å². The van der Waals surface area contributed by atoms with Gasteiger partial charge in [-0.3, -0.25) is 4.79 Å². The quantitative estimate of drug-likeness (QED) is 0.580. The second-order valence-corrected chi connectivity index (χ2v) is 4.31. The second kappa shape index (κ2) is 3.33. The molecule has 1 aliphatic rings. The number of carbonyl (C=O) groups excluding carboxylic acids is 1. The lowest BCUT2D eigenvalue weighted by Gasteiger charge is -2.17. The molecule has 1 N–H and O–H groups in total. The van der Waals surface area contributed by atoms with Crippen molar-refractivity contribution < 1.29 is 14.7 Å². The largest absolute Gasteiger partial charge is 0.497 e. The zero-order valence-electron chi connectivity index (χ0n) is 9.44. The van der Waals surface area contributed by atoms with E-state index in [1.807, 2.05) is 19.9 Å². The summed E-state index contributed by atoms with van der Waals surface area (Å²) in [5.74, 6) is 0.392. The van der Waals surface area contributed by atoms with Gasteiger partial charge in [-0.1, -0.05) is 11.2 Å². The molecule has 0 amide bonds. The van der Waals surface area contributed by atoms with E-state index in [2.05, 4.69) is 5.16 Å². The zero-order valence-corrected chi connectivity index (χ0v) is 9.44. The van der Waals surface area contributed by atoms with Gasteiger partial charge < -0.3 is 9.94 Å². The van der Waals surface area contributed by atoms with Gasteiger partial charge in [0.2, 0.25) is 5.78 Å². The van der Waals surface area contributed by atoms with Crippen molar-refractivity contribution in [1.29, 1.82) is 0 Å². The van der Waals surface area contributed by atoms with Gasteiger partial charge in [-0.25, -0.2) is 0 Å². The Hall–Kier alpha value is -1.84. The van der Waals surface area contributed by atoms with Crippen molar-refractivity contribution in [2.24, 2.45) is 5.16 Å². The summed E-state index contributed by atoms with van der Waals surface area (Å²) >= 11 is 0. The molecule has 0 saturated carbocycles. The van der Waals surface area contributed by atoms with Crippen LogP contribution in [0.5, 0.6) is 5.75 Å². The minimum atomic E-state index is -0.548. The Kier molecular flexibility index (Phi) is 2.22. The van der Waals surface area contributed by atoms with Crippen LogP contribution in [-0.4, -0.2) is 23.8 Å². The summed E-state index contributed by atoms with van der Waals surface area (Å²) < 4.78 is 5.07. The van der Waals surface area contributed by atoms with Gasteiger partial charge in [0.05, 0.1) is 7.11 Å². The molecule has 4 heteroatoms. The minimum absolute atomic E-state index is 0.177. The first-order chi connectivity index (χ1) is 7.52. The van der Waals surface area contributed by atoms with E-state index in [0.29, 0.717) is 11.3 Å². The van der Waals surface area contributed by atoms with Crippen LogP contribution in [0.25, 0.3) is 0 Å². The van der Waals surface area contributed by atoms with Crippen LogP contribution >= 0.6 is 0 Å². The molecule has 0 atom stereocenters. The van der Waals surface area contributed by atoms with Gasteiger partial charge in [0, 0.05) is 11.0 Å². The monoisotopic (exact) mass is 219 g/mol. The van der Waals surface area contributed by atoms with E-state index in [9.17, 15) is 4.79 Å². The molecule has 0 spiro atoms. The van der Waals surface area contributed by atoms with E-state index in [1.54, 1.807) is 19.2 Å². The van der Waals surface area contributed by atoms with Crippen LogP contribution < -0.4 is 4.74 Å². The van der Waals surface area contributed by atoms with Gasteiger partial charge in [-0.15, -0.1) is 0 Å². The molecule has 0 aliphatic heterocycles. The maximum Gasteiger partial charge on any atom is 0.211 e. The van der Waals surface area contributed by atoms with Crippen LogP contribution in [0.15, 0.2) is 23.4 Å². The van der Waals surface area contributed by atoms with Crippen molar-refractivity contribution in [1.82, 2.24) is 0 Å². The van der Waals surface area contributed by atoms with Crippen molar-refractivity contribution in [3.63, 3.8) is 0 Å². The highest BCUT2D eigenvalue weighted by atomic mass is 16.5. The second-order valence-electron chi connectivity index (χ2n) is 4.31. The molecule has 0 saturated heterocycles. The molecule has 2 rings (SSSR count). The summed E-state index contributed by atoms with van der Waals surface area (Å²) in [6, 6.07) is 5.32. The van der Waals surface area contributed by atoms with Crippen molar-refractivity contribution in [3.8, 4) is 5.75 Å². The van der Waals surface area contributed by atoms with Crippen molar-refractivity contribution >= 4 is 11.5 Å². The fourth-order valence-electron chi connectivity index (χ4n) is 2.09. The Morgan fingerprint density at radius 3 is 2.62 bits per heavy atom. The van der Waals surface area contributed by atoms with Crippen LogP contribution in [0.2, 0.25) is 0 Å². The van der Waals surface area contributed by atoms with Gasteiger partial charge >= 0.3 is 0 Å². The molecule has 4 nitrogen and oxygen atoms in total. The predicted octanol–water partition coefficient (Wildman–Crippen LogP) is 2.00. The highest BCUT2D eigenvalue weighted by Crippen LogP contribution is 2.37. The first-order valence-electron chi connectivity index (χ1n) is 4.98. The van der Waals surface area contributed by atoms with Crippen LogP contribution in [0, 0.1) is 0 Å². The number of oxime groups is 1. The summed E-state index contributed by atoms with van der Waals surface area (Å²) in [7, 11) is 1.55. The third-order valence-corrected chi connectivity index (χ3v) is 3.05. The van der Waals surface area contributed by atoms with Gasteiger partial charge in [-0.2, -0.15) is 0 Å². The number of ether oxygens (including phenoxy) is 1. The minimum Gasteiger partial charge on any atom is -0.497 e. The van der Waals surface area contributed by atoms with E-state index in [-0.39, 0.29) is 11.5 Å². The van der Waals surface area contributed by atoms with Crippen molar-refractivity contribution in [2.45, 2.75) is 19.3 Å². The molecule has 16 heavy (non-hydrogen) atoms. The summed E-state index contributed by atoms with van der Waals surface area (Å²) in [5, 5.41) is 12.0. The lowest BCUT2D eigenvalue weighted by atomic mass is 9.85. The SMILES string of the molecule is COc1ccc2c(c1)C(=O)C(=NO)C2(C)C. The molecular formula is C12H13NO3. The molecule has 0 fully saturated rings. The number of hydrogen-bond donors (Lipinski definition) is 1. The molecule has 84 valence electrons. The van der Waals surface area contributed by atoms with E-state index in [0.717, 1.165) is 5.56 Å². The zero-order chi connectivity index (χ0) is 11.9. The molecular weight excluding hydrogens is 206 g/mol. The summed E-state index contributed by atoms with van der Waals surface area (Å²) in [6.07, 6.45) is 0. The molecule has 0 radical (unpaired) electrons. The molecule has 0 heterocycles. The van der Waals surface area contributed by atoms with E-state index >= 15 is 0 Å². The average molecular weight is 219 g/mol. The van der Waals surface area contributed by atoms with Crippen molar-refractivity contribution in [3.05, 3.63) is 29.3 Å². The third kappa shape index (κ3) is 1.23. The van der Waals surface area contributed by atoms with Crippen LogP contribution in [-0.2, 0) is 5.41 Å². The first kappa shape index (κ1) is 10.7. The Balaban J connectivity index is 2.67. The van der Waals surface area contributed by atoms with Crippen molar-refractivity contribution in [2.75, 3.05) is 7.11 Å². The predicted molar refractivity (Wildman–Crippen MR) is 59.6 cm³/mol. The normalized spacial score (nSPS) is 19.9. The maximum atomic E-state index is 12.0. The Morgan fingerprint density at radius 1 is 1.38 bits per heavy atom. The number of ketones is 1. The van der Waals surface area contributed by atoms with Crippen LogP contribution in [0.4, 0.5) is 0 Å². The number of Topliss-reactive ketones (excluding diaryl/α,β-unsaturated/α-hetero) is 1. The number of nitrogens with zero attached hydrogens (tertiary/aromatic N) is 1. The Bertz CT molecular complexity index is 489. The maximum absolute atomic E-state index is 12.0. The van der Waals surface area contributed by atoms with Crippen LogP contribution in [0.1, 0.15) is 29.8 Å². The number of carbonyl (C=O) groups is 1. The summed E-state index contributed by atoms with van der Waals surface area (Å²) in [4.78, 5) is 12.0. The molecule has 1 aliphatic carbocycles. The third-order valence-electron chi connectivity index (χ3n) is 3.05. The lowest BCUT2D eigenvalue weighted by Crippen LogP contribution is -2.27. The van der Waals surface area contributed by atoms with Crippen LogP contribution in [0.3, 0.4) is 0 Å². The standard InChI is InChI=1S/C12H13NO3/c1-12(2)9-5-4-7(16-3)6-8(9)10(14)11(12)13-15/h4-6,15H,1-3H3. The van der Waals surface area contributed by atoms with E-state index in [4.69, 9.17) is 9.94 Å². The Morgan fingerprint density at radius 2 is 2.06 bits per heavy atom.